The van der Waals surface area contributed by atoms with Crippen LogP contribution in [-0.4, -0.2) is 33.1 Å². The summed E-state index contributed by atoms with van der Waals surface area (Å²) < 4.78 is 0. The van der Waals surface area contributed by atoms with Gasteiger partial charge in [-0.2, -0.15) is 0 Å². The Morgan fingerprint density at radius 2 is 1.55 bits per heavy atom. The van der Waals surface area contributed by atoms with E-state index in [2.05, 4.69) is 15.6 Å². The van der Waals surface area contributed by atoms with Crippen LogP contribution in [0.3, 0.4) is 0 Å². The third-order valence-corrected chi connectivity index (χ3v) is 9.34. The third kappa shape index (κ3) is 6.57. The van der Waals surface area contributed by atoms with Gasteiger partial charge >= 0.3 is 5.97 Å². The van der Waals surface area contributed by atoms with Crippen LogP contribution in [0.1, 0.15) is 32.5 Å². The first kappa shape index (κ1) is 30.2. The normalized spacial score (nSPS) is 11.7. The van der Waals surface area contributed by atoms with Crippen LogP contribution < -0.4 is 10.6 Å². The summed E-state index contributed by atoms with van der Waals surface area (Å²) in [5.74, 6) is -2.58. The van der Waals surface area contributed by atoms with Crippen LogP contribution in [0.4, 0.5) is 10.8 Å². The van der Waals surface area contributed by atoms with Crippen molar-refractivity contribution in [2.24, 2.45) is 0 Å². The number of carbonyl (C=O) groups excluding carboxylic acids is 2. The Morgan fingerprint density at radius 1 is 0.900 bits per heavy atom. The monoisotopic (exact) mass is 653 g/mol. The Balaban J connectivity index is 1.47. The number of carbonyl (C=O) groups is 3. The van der Waals surface area contributed by atoms with Crippen LogP contribution in [0.25, 0.3) is 11.3 Å². The van der Waals surface area contributed by atoms with Crippen molar-refractivity contribution in [1.29, 1.82) is 0 Å². The van der Waals surface area contributed by atoms with Crippen molar-refractivity contribution in [2.45, 2.75) is 24.0 Å². The molecule has 0 saturated carbocycles. The molecular formula is C27H19Cl4N3O4S2. The van der Waals surface area contributed by atoms with Gasteiger partial charge in [-0.05, 0) is 32.0 Å². The number of thioether (sulfide) groups is 1. The maximum atomic E-state index is 13.1. The van der Waals surface area contributed by atoms with Crippen molar-refractivity contribution in [3.8, 4) is 11.3 Å². The van der Waals surface area contributed by atoms with E-state index in [1.165, 1.54) is 23.1 Å². The summed E-state index contributed by atoms with van der Waals surface area (Å²) in [6.07, 6.45) is 0. The lowest BCUT2D eigenvalue weighted by Gasteiger charge is -2.15. The zero-order chi connectivity index (χ0) is 29.1. The molecule has 0 radical (unpaired) electrons. The molecule has 4 aromatic rings. The van der Waals surface area contributed by atoms with Gasteiger partial charge in [0.2, 0.25) is 5.91 Å². The highest BCUT2D eigenvalue weighted by Crippen LogP contribution is 2.42. The number of aromatic nitrogens is 1. The highest BCUT2D eigenvalue weighted by Gasteiger charge is 2.29. The van der Waals surface area contributed by atoms with Crippen LogP contribution in [0.2, 0.25) is 20.1 Å². The fourth-order valence-electron chi connectivity index (χ4n) is 3.66. The van der Waals surface area contributed by atoms with Gasteiger partial charge in [0.25, 0.3) is 5.91 Å². The number of anilines is 2. The van der Waals surface area contributed by atoms with E-state index < -0.39 is 33.3 Å². The Morgan fingerprint density at radius 3 is 2.20 bits per heavy atom. The molecule has 2 amide bonds. The number of benzene rings is 3. The minimum Gasteiger partial charge on any atom is -0.478 e. The van der Waals surface area contributed by atoms with Crippen LogP contribution in [-0.2, 0) is 4.79 Å². The Bertz CT molecular complexity index is 1630. The van der Waals surface area contributed by atoms with E-state index in [0.29, 0.717) is 15.7 Å². The van der Waals surface area contributed by atoms with E-state index in [1.807, 2.05) is 37.3 Å². The lowest BCUT2D eigenvalue weighted by atomic mass is 10.1. The van der Waals surface area contributed by atoms with Gasteiger partial charge in [-0.25, -0.2) is 9.78 Å². The molecule has 0 aliphatic heterocycles. The number of rotatable bonds is 8. The SMILES string of the molecule is Cc1sc(NC(=O)C(C)Sc2cccc(NC(=O)c3c(Cl)c(Cl)c(Cl)c(Cl)c3C(=O)O)c2)nc1-c1ccccc1. The summed E-state index contributed by atoms with van der Waals surface area (Å²) in [4.78, 5) is 44.0. The Kier molecular flexibility index (Phi) is 9.66. The molecule has 0 fully saturated rings. The molecule has 4 rings (SSSR count). The molecule has 1 aromatic heterocycles. The number of carboxylic acid groups (broad SMARTS) is 1. The smallest absolute Gasteiger partial charge is 0.338 e. The third-order valence-electron chi connectivity index (χ3n) is 5.56. The highest BCUT2D eigenvalue weighted by molar-refractivity contribution is 8.00. The van der Waals surface area contributed by atoms with E-state index in [1.54, 1.807) is 31.2 Å². The molecule has 3 N–H and O–H groups in total. The van der Waals surface area contributed by atoms with Crippen LogP contribution in [0.5, 0.6) is 0 Å². The molecule has 13 heteroatoms. The highest BCUT2D eigenvalue weighted by atomic mass is 35.5. The van der Waals surface area contributed by atoms with Crippen molar-refractivity contribution < 1.29 is 19.5 Å². The second-order valence-electron chi connectivity index (χ2n) is 8.33. The van der Waals surface area contributed by atoms with Gasteiger partial charge in [-0.15, -0.1) is 23.1 Å². The molecule has 0 bridgehead atoms. The molecule has 3 aromatic carbocycles. The van der Waals surface area contributed by atoms with Gasteiger partial charge in [0, 0.05) is 21.0 Å². The van der Waals surface area contributed by atoms with Crippen molar-refractivity contribution in [3.63, 3.8) is 0 Å². The second-order valence-corrected chi connectivity index (χ2v) is 12.5. The molecule has 0 saturated heterocycles. The predicted octanol–water partition coefficient (Wildman–Crippen LogP) is 8.80. The van der Waals surface area contributed by atoms with Gasteiger partial charge in [0.05, 0.1) is 42.2 Å². The number of halogens is 4. The fourth-order valence-corrected chi connectivity index (χ4v) is 6.45. The van der Waals surface area contributed by atoms with Gasteiger partial charge in [-0.1, -0.05) is 82.8 Å². The van der Waals surface area contributed by atoms with Crippen molar-refractivity contribution in [2.75, 3.05) is 10.6 Å². The lowest BCUT2D eigenvalue weighted by Crippen LogP contribution is -2.22. The lowest BCUT2D eigenvalue weighted by molar-refractivity contribution is -0.115. The first-order valence-corrected chi connectivity index (χ1v) is 14.7. The van der Waals surface area contributed by atoms with Gasteiger partial charge in [0.15, 0.2) is 5.13 Å². The van der Waals surface area contributed by atoms with Gasteiger partial charge in [0.1, 0.15) is 0 Å². The van der Waals surface area contributed by atoms with Crippen LogP contribution in [0, 0.1) is 6.92 Å². The first-order chi connectivity index (χ1) is 19.0. The van der Waals surface area contributed by atoms with Crippen molar-refractivity contribution >= 4 is 98.1 Å². The molecule has 40 heavy (non-hydrogen) atoms. The zero-order valence-corrected chi connectivity index (χ0v) is 25.4. The minimum absolute atomic E-state index is 0.237. The van der Waals surface area contributed by atoms with E-state index in [0.717, 1.165) is 16.1 Å². The number of hydrogen-bond donors (Lipinski definition) is 3. The average Bonchev–Trinajstić information content (AvgIpc) is 3.29. The number of aryl methyl sites for hydroxylation is 1. The maximum Gasteiger partial charge on any atom is 0.338 e. The number of thiazole rings is 1. The molecule has 0 spiro atoms. The molecule has 1 heterocycles. The van der Waals surface area contributed by atoms with E-state index in [9.17, 15) is 19.5 Å². The van der Waals surface area contributed by atoms with E-state index in [4.69, 9.17) is 46.4 Å². The Labute approximate surface area is 257 Å². The largest absolute Gasteiger partial charge is 0.478 e. The first-order valence-electron chi connectivity index (χ1n) is 11.5. The Hall–Kier alpha value is -2.79. The summed E-state index contributed by atoms with van der Waals surface area (Å²) >= 11 is 26.9. The minimum atomic E-state index is -1.49. The number of hydrogen-bond acceptors (Lipinski definition) is 6. The summed E-state index contributed by atoms with van der Waals surface area (Å²) in [6, 6.07) is 16.4. The molecular weight excluding hydrogens is 636 g/mol. The molecule has 206 valence electrons. The zero-order valence-electron chi connectivity index (χ0n) is 20.7. The topological polar surface area (TPSA) is 108 Å². The second kappa shape index (κ2) is 12.8. The predicted molar refractivity (Wildman–Crippen MR) is 164 cm³/mol. The van der Waals surface area contributed by atoms with Crippen LogP contribution >= 0.6 is 69.5 Å². The number of carboxylic acids is 1. The molecule has 7 nitrogen and oxygen atoms in total. The van der Waals surface area contributed by atoms with Gasteiger partial charge < -0.3 is 15.7 Å². The van der Waals surface area contributed by atoms with E-state index >= 15 is 0 Å². The average molecular weight is 655 g/mol. The number of aromatic carboxylic acids is 1. The summed E-state index contributed by atoms with van der Waals surface area (Å²) in [6.45, 7) is 3.70. The molecule has 1 atom stereocenters. The summed E-state index contributed by atoms with van der Waals surface area (Å²) in [7, 11) is 0. The van der Waals surface area contributed by atoms with Crippen molar-refractivity contribution in [1.82, 2.24) is 4.98 Å². The molecule has 0 aliphatic carbocycles. The molecule has 0 aliphatic rings. The number of nitrogens with one attached hydrogen (secondary N) is 2. The number of amides is 2. The maximum absolute atomic E-state index is 13.1. The van der Waals surface area contributed by atoms with Crippen molar-refractivity contribution in [3.05, 3.63) is 90.7 Å². The standard InChI is InChI=1S/C27H19Cl4N3O4S2/c1-12-23(14-7-4-3-5-8-14)33-27(40-12)34-24(35)13(2)39-16-10-6-9-15(11-16)32-25(36)17-18(26(37)38)20(29)22(31)21(30)19(17)28/h3-11,13H,1-2H3,(H,32,36)(H,37,38)(H,33,34,35). The van der Waals surface area contributed by atoms with E-state index in [-0.39, 0.29) is 21.0 Å². The molecule has 1 unspecified atom stereocenters. The van der Waals surface area contributed by atoms with Gasteiger partial charge in [-0.3, -0.25) is 9.59 Å². The quantitative estimate of drug-likeness (QED) is 0.0995. The fraction of sp³-hybridized carbons (Fsp3) is 0.111. The van der Waals surface area contributed by atoms with Crippen LogP contribution in [0.15, 0.2) is 59.5 Å². The number of nitrogens with zero attached hydrogens (tertiary/aromatic N) is 1. The summed E-state index contributed by atoms with van der Waals surface area (Å²) in [5, 5.41) is 13.8. The summed E-state index contributed by atoms with van der Waals surface area (Å²) in [5.41, 5.74) is 1.13.